The average Bonchev–Trinajstić information content (AvgIpc) is 2.58. The third kappa shape index (κ3) is 5.53. The Bertz CT molecular complexity index is 160. The van der Waals surface area contributed by atoms with Gasteiger partial charge >= 0.3 is 0 Å². The van der Waals surface area contributed by atoms with E-state index in [1.54, 1.807) is 0 Å². The maximum Gasteiger partial charge on any atom is 0.0786 e. The summed E-state index contributed by atoms with van der Waals surface area (Å²) in [4.78, 5) is 2.29. The summed E-state index contributed by atoms with van der Waals surface area (Å²) in [5, 5.41) is 0. The molecule has 0 saturated carbocycles. The molecule has 0 spiro atoms. The Morgan fingerprint density at radius 2 is 1.53 bits per heavy atom. The largest absolute Gasteiger partial charge is 0.326 e. The lowest BCUT2D eigenvalue weighted by atomic mass is 10.2. The van der Waals surface area contributed by atoms with Crippen molar-refractivity contribution in [2.24, 2.45) is 0 Å². The molecule has 0 aromatic carbocycles. The molecule has 15 heavy (non-hydrogen) atoms. The fraction of sp³-hybridized carbons (Fsp3) is 1.00. The Balaban J connectivity index is 1.92. The van der Waals surface area contributed by atoms with Crippen molar-refractivity contribution in [1.29, 1.82) is 0 Å². The van der Waals surface area contributed by atoms with Crippen LogP contribution in [0.3, 0.4) is 0 Å². The topological polar surface area (TPSA) is 3.24 Å². The standard InChI is InChI=1S/C13H29N2/c1-14(2)10-6-4-5-7-11-15(3)12-8-9-13-15/h4-13H2,1-3H3/q+1. The monoisotopic (exact) mass is 213 g/mol. The lowest BCUT2D eigenvalue weighted by Crippen LogP contribution is -2.41. The quantitative estimate of drug-likeness (QED) is 0.463. The van der Waals surface area contributed by atoms with E-state index in [0.717, 1.165) is 0 Å². The van der Waals surface area contributed by atoms with E-state index >= 15 is 0 Å². The first-order valence-corrected chi connectivity index (χ1v) is 6.61. The molecular weight excluding hydrogens is 184 g/mol. The van der Waals surface area contributed by atoms with Gasteiger partial charge in [-0.2, -0.15) is 0 Å². The molecule has 1 aliphatic heterocycles. The van der Waals surface area contributed by atoms with E-state index in [4.69, 9.17) is 0 Å². The van der Waals surface area contributed by atoms with Crippen LogP contribution in [0.5, 0.6) is 0 Å². The number of hydrogen-bond donors (Lipinski definition) is 0. The maximum atomic E-state index is 2.44. The lowest BCUT2D eigenvalue weighted by molar-refractivity contribution is -0.897. The lowest BCUT2D eigenvalue weighted by Gasteiger charge is -2.29. The zero-order chi connectivity index (χ0) is 11.1. The molecule has 1 fully saturated rings. The van der Waals surface area contributed by atoms with Crippen LogP contribution in [0.1, 0.15) is 38.5 Å². The smallest absolute Gasteiger partial charge is 0.0786 e. The fourth-order valence-corrected chi connectivity index (χ4v) is 2.60. The Hall–Kier alpha value is -0.0800. The van der Waals surface area contributed by atoms with E-state index in [9.17, 15) is 0 Å². The van der Waals surface area contributed by atoms with Crippen molar-refractivity contribution >= 4 is 0 Å². The van der Waals surface area contributed by atoms with Crippen LogP contribution in [0.15, 0.2) is 0 Å². The van der Waals surface area contributed by atoms with Crippen LogP contribution in [0.25, 0.3) is 0 Å². The van der Waals surface area contributed by atoms with Crippen molar-refractivity contribution in [3.8, 4) is 0 Å². The molecule has 90 valence electrons. The molecular formula is C13H29N2+. The molecule has 0 radical (unpaired) electrons. The van der Waals surface area contributed by atoms with Crippen LogP contribution in [-0.4, -0.2) is 56.7 Å². The number of nitrogens with zero attached hydrogens (tertiary/aromatic N) is 2. The van der Waals surface area contributed by atoms with Crippen LogP contribution in [-0.2, 0) is 0 Å². The zero-order valence-electron chi connectivity index (χ0n) is 11.0. The van der Waals surface area contributed by atoms with Gasteiger partial charge in [0.05, 0.1) is 26.7 Å². The summed E-state index contributed by atoms with van der Waals surface area (Å²) in [6.07, 6.45) is 8.56. The first-order chi connectivity index (χ1) is 7.12. The first-order valence-electron chi connectivity index (χ1n) is 6.61. The molecule has 1 saturated heterocycles. The van der Waals surface area contributed by atoms with Gasteiger partial charge in [0.25, 0.3) is 0 Å². The molecule has 0 bridgehead atoms. The molecule has 0 atom stereocenters. The number of likely N-dealkylation sites (tertiary alicyclic amines) is 1. The molecule has 1 aliphatic rings. The van der Waals surface area contributed by atoms with E-state index in [0.29, 0.717) is 0 Å². The Morgan fingerprint density at radius 1 is 0.933 bits per heavy atom. The molecule has 0 aliphatic carbocycles. The molecule has 1 rings (SSSR count). The second kappa shape index (κ2) is 6.49. The van der Waals surface area contributed by atoms with Crippen LogP contribution in [0.2, 0.25) is 0 Å². The summed E-state index contributed by atoms with van der Waals surface area (Å²) in [7, 11) is 6.76. The Labute approximate surface area is 95.8 Å². The van der Waals surface area contributed by atoms with Crippen molar-refractivity contribution in [3.05, 3.63) is 0 Å². The van der Waals surface area contributed by atoms with E-state index in [1.165, 1.54) is 69.2 Å². The summed E-state index contributed by atoms with van der Waals surface area (Å²) < 4.78 is 1.35. The summed E-state index contributed by atoms with van der Waals surface area (Å²) in [6, 6.07) is 0. The van der Waals surface area contributed by atoms with Crippen molar-refractivity contribution < 1.29 is 4.48 Å². The van der Waals surface area contributed by atoms with E-state index < -0.39 is 0 Å². The van der Waals surface area contributed by atoms with E-state index in [1.807, 2.05) is 0 Å². The van der Waals surface area contributed by atoms with Crippen LogP contribution < -0.4 is 0 Å². The highest BCUT2D eigenvalue weighted by Crippen LogP contribution is 2.17. The SMILES string of the molecule is CN(C)CCCCCC[N+]1(C)CCCC1. The highest BCUT2D eigenvalue weighted by Gasteiger charge is 2.25. The summed E-state index contributed by atoms with van der Waals surface area (Å²) in [5.41, 5.74) is 0. The van der Waals surface area contributed by atoms with Crippen molar-refractivity contribution in [1.82, 2.24) is 4.90 Å². The van der Waals surface area contributed by atoms with Gasteiger partial charge in [-0.15, -0.1) is 0 Å². The number of hydrogen-bond acceptors (Lipinski definition) is 1. The van der Waals surface area contributed by atoms with Gasteiger partial charge in [-0.05, 0) is 39.9 Å². The van der Waals surface area contributed by atoms with Gasteiger partial charge in [-0.3, -0.25) is 0 Å². The molecule has 0 amide bonds. The average molecular weight is 213 g/mol. The summed E-state index contributed by atoms with van der Waals surface area (Å²) in [5.74, 6) is 0. The minimum Gasteiger partial charge on any atom is -0.326 e. The summed E-state index contributed by atoms with van der Waals surface area (Å²) >= 11 is 0. The normalized spacial score (nSPS) is 20.0. The second-order valence-electron chi connectivity index (χ2n) is 5.71. The predicted octanol–water partition coefficient (Wildman–Crippen LogP) is 2.35. The molecule has 2 heteroatoms. The second-order valence-corrected chi connectivity index (χ2v) is 5.71. The van der Waals surface area contributed by atoms with Crippen LogP contribution in [0, 0.1) is 0 Å². The van der Waals surface area contributed by atoms with Gasteiger partial charge in [0.15, 0.2) is 0 Å². The van der Waals surface area contributed by atoms with Gasteiger partial charge in [-0.1, -0.05) is 6.42 Å². The maximum absolute atomic E-state index is 2.44. The molecule has 0 unspecified atom stereocenters. The number of quaternary nitrogens is 1. The Kier molecular flexibility index (Phi) is 5.62. The van der Waals surface area contributed by atoms with Crippen LogP contribution in [0.4, 0.5) is 0 Å². The predicted molar refractivity (Wildman–Crippen MR) is 67.0 cm³/mol. The van der Waals surface area contributed by atoms with Crippen molar-refractivity contribution in [2.75, 3.05) is 47.3 Å². The van der Waals surface area contributed by atoms with Gasteiger partial charge < -0.3 is 9.38 Å². The fourth-order valence-electron chi connectivity index (χ4n) is 2.60. The number of rotatable bonds is 7. The van der Waals surface area contributed by atoms with Crippen LogP contribution >= 0.6 is 0 Å². The third-order valence-electron chi connectivity index (χ3n) is 3.70. The van der Waals surface area contributed by atoms with Gasteiger partial charge in [-0.25, -0.2) is 0 Å². The molecule has 1 heterocycles. The molecule has 0 aromatic rings. The molecule has 0 aromatic heterocycles. The van der Waals surface area contributed by atoms with E-state index in [2.05, 4.69) is 26.0 Å². The first kappa shape index (κ1) is 13.0. The summed E-state index contributed by atoms with van der Waals surface area (Å²) in [6.45, 7) is 5.53. The minimum atomic E-state index is 1.26. The number of unbranched alkanes of at least 4 members (excludes halogenated alkanes) is 3. The highest BCUT2D eigenvalue weighted by molar-refractivity contribution is 4.53. The third-order valence-corrected chi connectivity index (χ3v) is 3.70. The molecule has 2 nitrogen and oxygen atoms in total. The van der Waals surface area contributed by atoms with Gasteiger partial charge in [0.1, 0.15) is 0 Å². The van der Waals surface area contributed by atoms with Gasteiger partial charge in [0, 0.05) is 12.8 Å². The van der Waals surface area contributed by atoms with Gasteiger partial charge in [0.2, 0.25) is 0 Å². The minimum absolute atomic E-state index is 1.26. The van der Waals surface area contributed by atoms with Crippen molar-refractivity contribution in [2.45, 2.75) is 38.5 Å². The molecule has 0 N–H and O–H groups in total. The van der Waals surface area contributed by atoms with Crippen molar-refractivity contribution in [3.63, 3.8) is 0 Å². The highest BCUT2D eigenvalue weighted by atomic mass is 15.3. The van der Waals surface area contributed by atoms with E-state index in [-0.39, 0.29) is 0 Å². The zero-order valence-corrected chi connectivity index (χ0v) is 11.0. The Morgan fingerprint density at radius 3 is 2.13 bits per heavy atom.